The van der Waals surface area contributed by atoms with Crippen molar-refractivity contribution in [1.29, 1.82) is 0 Å². The fraction of sp³-hybridized carbons (Fsp3) is 0.286. The number of anilines is 1. The quantitative estimate of drug-likeness (QED) is 0.342. The maximum absolute atomic E-state index is 10.3. The highest BCUT2D eigenvalue weighted by Gasteiger charge is 2.44. The van der Waals surface area contributed by atoms with Gasteiger partial charge in [-0.25, -0.2) is 4.98 Å². The first-order chi connectivity index (χ1) is 15.5. The number of aliphatic hydroxyl groups excluding tert-OH is 3. The summed E-state index contributed by atoms with van der Waals surface area (Å²) in [5.74, 6) is 0.129. The maximum atomic E-state index is 10.3. The minimum Gasteiger partial charge on any atom is -0.394 e. The van der Waals surface area contributed by atoms with Crippen LogP contribution in [0.5, 0.6) is 0 Å². The van der Waals surface area contributed by atoms with Crippen LogP contribution < -0.4 is 5.73 Å². The maximum Gasteiger partial charge on any atom is 0.272 e. The van der Waals surface area contributed by atoms with E-state index < -0.39 is 31.1 Å². The number of rotatable bonds is 5. The van der Waals surface area contributed by atoms with Crippen molar-refractivity contribution in [2.75, 3.05) is 12.3 Å². The van der Waals surface area contributed by atoms with E-state index >= 15 is 0 Å². The lowest BCUT2D eigenvalue weighted by Gasteiger charge is -2.16. The zero-order valence-corrected chi connectivity index (χ0v) is 16.9. The number of azo groups is 1. The van der Waals surface area contributed by atoms with Crippen molar-refractivity contribution in [3.63, 3.8) is 0 Å². The van der Waals surface area contributed by atoms with Crippen molar-refractivity contribution in [3.05, 3.63) is 54.4 Å². The van der Waals surface area contributed by atoms with Crippen molar-refractivity contribution < 1.29 is 20.1 Å². The van der Waals surface area contributed by atoms with E-state index in [1.807, 2.05) is 42.5 Å². The van der Waals surface area contributed by atoms with Crippen LogP contribution in [-0.4, -0.2) is 59.8 Å². The number of aliphatic hydroxyl groups is 3. The van der Waals surface area contributed by atoms with Crippen LogP contribution in [0.15, 0.2) is 59.0 Å². The van der Waals surface area contributed by atoms with E-state index in [2.05, 4.69) is 25.2 Å². The molecule has 0 saturated carbocycles. The third kappa shape index (κ3) is 3.56. The van der Waals surface area contributed by atoms with Crippen molar-refractivity contribution in [3.8, 4) is 0 Å². The highest BCUT2D eigenvalue weighted by atomic mass is 16.6. The predicted molar refractivity (Wildman–Crippen MR) is 115 cm³/mol. The average molecular weight is 435 g/mol. The van der Waals surface area contributed by atoms with E-state index in [1.165, 1.54) is 10.9 Å². The third-order valence-corrected chi connectivity index (χ3v) is 5.46. The number of nitrogens with zero attached hydrogens (tertiary/aromatic N) is 6. The van der Waals surface area contributed by atoms with Gasteiger partial charge in [-0.3, -0.25) is 4.57 Å². The Bertz CT molecular complexity index is 1310. The summed E-state index contributed by atoms with van der Waals surface area (Å²) in [5, 5.41) is 40.2. The van der Waals surface area contributed by atoms with Crippen LogP contribution >= 0.6 is 0 Å². The minimum absolute atomic E-state index is 0.0317. The van der Waals surface area contributed by atoms with Gasteiger partial charge in [-0.05, 0) is 22.4 Å². The standard InChI is InChI=1S/C21H21N7O4/c22-18-15-19(28(10-23-15)20-17(31)16(30)14(9-29)32-20)26-21(25-18)27-24-8-11-5-6-12-3-1-2-4-13(12)7-11/h1-7,10,14,16-17,20,29-31H,8-9H2,(H2,22,25,26)/t14-,16-,17-,20?/m1/s1. The highest BCUT2D eigenvalue weighted by Crippen LogP contribution is 2.32. The van der Waals surface area contributed by atoms with E-state index in [9.17, 15) is 15.3 Å². The lowest BCUT2D eigenvalue weighted by Crippen LogP contribution is -2.33. The molecule has 32 heavy (non-hydrogen) atoms. The fourth-order valence-electron chi connectivity index (χ4n) is 3.78. The van der Waals surface area contributed by atoms with E-state index in [0.717, 1.165) is 16.3 Å². The lowest BCUT2D eigenvalue weighted by molar-refractivity contribution is -0.0511. The summed E-state index contributed by atoms with van der Waals surface area (Å²) in [6, 6.07) is 14.1. The second kappa shape index (κ2) is 8.20. The average Bonchev–Trinajstić information content (AvgIpc) is 3.35. The Morgan fingerprint density at radius 1 is 1.06 bits per heavy atom. The molecule has 2 aromatic heterocycles. The molecule has 1 aliphatic rings. The molecule has 5 rings (SSSR count). The number of benzene rings is 2. The molecule has 2 aromatic carbocycles. The Balaban J connectivity index is 1.41. The first kappa shape index (κ1) is 20.4. The summed E-state index contributed by atoms with van der Waals surface area (Å²) in [7, 11) is 0. The predicted octanol–water partition coefficient (Wildman–Crippen LogP) is 1.46. The van der Waals surface area contributed by atoms with Gasteiger partial charge < -0.3 is 25.8 Å². The molecule has 1 fully saturated rings. The molecule has 1 unspecified atom stereocenters. The van der Waals surface area contributed by atoms with Gasteiger partial charge in [0.1, 0.15) is 23.8 Å². The van der Waals surface area contributed by atoms with Gasteiger partial charge in [0.25, 0.3) is 5.95 Å². The highest BCUT2D eigenvalue weighted by molar-refractivity contribution is 5.83. The van der Waals surface area contributed by atoms with Crippen LogP contribution in [0.4, 0.5) is 11.8 Å². The first-order valence-corrected chi connectivity index (χ1v) is 10.0. The van der Waals surface area contributed by atoms with Crippen LogP contribution in [0.3, 0.4) is 0 Å². The molecule has 5 N–H and O–H groups in total. The van der Waals surface area contributed by atoms with E-state index in [1.54, 1.807) is 0 Å². The van der Waals surface area contributed by atoms with Gasteiger partial charge in [-0.2, -0.15) is 15.1 Å². The molecule has 0 aliphatic carbocycles. The topological polar surface area (TPSA) is 164 Å². The number of fused-ring (bicyclic) bond motifs is 2. The summed E-state index contributed by atoms with van der Waals surface area (Å²) in [4.78, 5) is 12.6. The smallest absolute Gasteiger partial charge is 0.272 e. The molecule has 11 nitrogen and oxygen atoms in total. The Kier molecular flexibility index (Phi) is 5.23. The van der Waals surface area contributed by atoms with Gasteiger partial charge in [0, 0.05) is 0 Å². The number of nitrogens with two attached hydrogens (primary N) is 1. The summed E-state index contributed by atoms with van der Waals surface area (Å²) < 4.78 is 6.99. The zero-order chi connectivity index (χ0) is 22.2. The van der Waals surface area contributed by atoms with Crippen LogP contribution in [0.25, 0.3) is 21.9 Å². The molecule has 0 bridgehead atoms. The van der Waals surface area contributed by atoms with Crippen molar-refractivity contribution >= 4 is 33.7 Å². The van der Waals surface area contributed by atoms with Crippen LogP contribution in [-0.2, 0) is 11.3 Å². The molecule has 3 heterocycles. The number of nitrogen functional groups attached to an aromatic ring is 1. The molecule has 164 valence electrons. The van der Waals surface area contributed by atoms with Gasteiger partial charge in [-0.15, -0.1) is 5.11 Å². The Hall–Kier alpha value is -3.51. The summed E-state index contributed by atoms with van der Waals surface area (Å²) in [6.07, 6.45) is -3.07. The molecule has 4 atom stereocenters. The number of ether oxygens (including phenoxy) is 1. The molecule has 4 aromatic rings. The van der Waals surface area contributed by atoms with Gasteiger partial charge in [-0.1, -0.05) is 36.4 Å². The first-order valence-electron chi connectivity index (χ1n) is 10.0. The summed E-state index contributed by atoms with van der Waals surface area (Å²) >= 11 is 0. The lowest BCUT2D eigenvalue weighted by atomic mass is 10.1. The molecule has 0 radical (unpaired) electrons. The monoisotopic (exact) mass is 435 g/mol. The number of imidazole rings is 1. The van der Waals surface area contributed by atoms with Gasteiger partial charge >= 0.3 is 0 Å². The van der Waals surface area contributed by atoms with Crippen molar-refractivity contribution in [2.24, 2.45) is 10.2 Å². The molecule has 0 spiro atoms. The second-order valence-electron chi connectivity index (χ2n) is 7.54. The zero-order valence-electron chi connectivity index (χ0n) is 16.9. The van der Waals surface area contributed by atoms with Crippen LogP contribution in [0.1, 0.15) is 11.8 Å². The fourth-order valence-corrected chi connectivity index (χ4v) is 3.78. The summed E-state index contributed by atoms with van der Waals surface area (Å²) in [6.45, 7) is -0.104. The Morgan fingerprint density at radius 3 is 2.66 bits per heavy atom. The van der Waals surface area contributed by atoms with Gasteiger partial charge in [0.05, 0.1) is 19.5 Å². The molecule has 1 aliphatic heterocycles. The van der Waals surface area contributed by atoms with E-state index in [0.29, 0.717) is 12.1 Å². The van der Waals surface area contributed by atoms with Crippen molar-refractivity contribution in [1.82, 2.24) is 19.5 Å². The molecule has 1 saturated heterocycles. The minimum atomic E-state index is -1.28. The van der Waals surface area contributed by atoms with Gasteiger partial charge in [0.2, 0.25) is 0 Å². The third-order valence-electron chi connectivity index (χ3n) is 5.46. The van der Waals surface area contributed by atoms with E-state index in [4.69, 9.17) is 10.5 Å². The van der Waals surface area contributed by atoms with Crippen molar-refractivity contribution in [2.45, 2.75) is 31.1 Å². The van der Waals surface area contributed by atoms with E-state index in [-0.39, 0.29) is 17.4 Å². The number of hydrogen-bond donors (Lipinski definition) is 4. The molecular weight excluding hydrogens is 414 g/mol. The largest absolute Gasteiger partial charge is 0.394 e. The second-order valence-corrected chi connectivity index (χ2v) is 7.54. The van der Waals surface area contributed by atoms with Gasteiger partial charge in [0.15, 0.2) is 17.7 Å². The van der Waals surface area contributed by atoms with Crippen LogP contribution in [0, 0.1) is 0 Å². The molecule has 0 amide bonds. The molecule has 11 heteroatoms. The Labute approximate surface area is 181 Å². The number of hydrogen-bond acceptors (Lipinski definition) is 10. The SMILES string of the molecule is Nc1nc(N=NCc2ccc3ccccc3c2)nc2c1ncn2C1O[C@H](CO)[C@@H](O)[C@H]1O. The normalized spacial score (nSPS) is 23.6. The Morgan fingerprint density at radius 2 is 1.88 bits per heavy atom. The van der Waals surface area contributed by atoms with Crippen LogP contribution in [0.2, 0.25) is 0 Å². The number of aromatic nitrogens is 4. The molecular formula is C21H21N7O4. The summed E-state index contributed by atoms with van der Waals surface area (Å²) in [5.41, 5.74) is 7.56.